The fourth-order valence-electron chi connectivity index (χ4n) is 6.29. The smallest absolute Gasteiger partial charge is 0.326 e. The van der Waals surface area contributed by atoms with Crippen LogP contribution in [0.5, 0.6) is 0 Å². The second-order valence-electron chi connectivity index (χ2n) is 17.5. The lowest BCUT2D eigenvalue weighted by atomic mass is 9.97. The molecule has 0 aliphatic heterocycles. The molecule has 0 saturated carbocycles. The molecular formula is C42H76N10O14S. The normalized spacial score (nSPS) is 15.8. The molecule has 9 amide bonds. The molecule has 0 radical (unpaired) electrons. The van der Waals surface area contributed by atoms with Gasteiger partial charge in [0.2, 0.25) is 53.2 Å². The highest BCUT2D eigenvalue weighted by molar-refractivity contribution is 7.98. The number of hydrogen-bond acceptors (Lipinski definition) is 15. The van der Waals surface area contributed by atoms with E-state index in [1.165, 1.54) is 11.8 Å². The van der Waals surface area contributed by atoms with Crippen LogP contribution in [0.2, 0.25) is 0 Å². The lowest BCUT2D eigenvalue weighted by Crippen LogP contribution is -2.62. The number of nitrogens with two attached hydrogens (primary N) is 2. The summed E-state index contributed by atoms with van der Waals surface area (Å²) in [5.74, 6) is -10.5. The van der Waals surface area contributed by atoms with E-state index in [-0.39, 0.29) is 31.1 Å². The number of amides is 9. The number of aliphatic hydroxyl groups is 3. The van der Waals surface area contributed by atoms with Crippen molar-refractivity contribution in [3.8, 4) is 0 Å². The molecule has 384 valence electrons. The SMILES string of the molecule is CC[C@H](C)[C@H](NC(=O)[C@H](CCSC)NC(=O)[C@H](CC(C)C)NC(=O)[C@@H](N)CO)C(=O)N[C@@H](CO)C(=O)N[C@@H](CO)C(=O)N[C@@H](CCC(N)=O)C(=O)N[C@H](C(=O)N[C@@H](CC(C)C)C(=O)O)C(C)C. The van der Waals surface area contributed by atoms with Gasteiger partial charge in [-0.2, -0.15) is 11.8 Å². The van der Waals surface area contributed by atoms with Crippen molar-refractivity contribution in [1.29, 1.82) is 0 Å². The van der Waals surface area contributed by atoms with Gasteiger partial charge in [0.15, 0.2) is 0 Å². The van der Waals surface area contributed by atoms with Gasteiger partial charge in [0.25, 0.3) is 0 Å². The quantitative estimate of drug-likeness (QED) is 0.0299. The second kappa shape index (κ2) is 31.8. The number of rotatable bonds is 33. The number of primary amides is 1. The van der Waals surface area contributed by atoms with Crippen molar-refractivity contribution in [2.45, 2.75) is 148 Å². The van der Waals surface area contributed by atoms with E-state index in [2.05, 4.69) is 42.5 Å². The minimum Gasteiger partial charge on any atom is -0.480 e. The van der Waals surface area contributed by atoms with Gasteiger partial charge in [-0.15, -0.1) is 0 Å². The molecule has 24 nitrogen and oxygen atoms in total. The molecule has 0 aromatic heterocycles. The number of nitrogens with one attached hydrogen (secondary N) is 8. The fraction of sp³-hybridized carbons (Fsp3) is 0.762. The van der Waals surface area contributed by atoms with Crippen molar-refractivity contribution in [2.75, 3.05) is 31.8 Å². The molecule has 67 heavy (non-hydrogen) atoms. The van der Waals surface area contributed by atoms with Crippen LogP contribution in [0.15, 0.2) is 0 Å². The first kappa shape index (κ1) is 61.9. The average molecular weight is 977 g/mol. The number of carboxylic acids is 1. The van der Waals surface area contributed by atoms with Crippen LogP contribution in [0.1, 0.15) is 93.9 Å². The number of carboxylic acid groups (broad SMARTS) is 1. The minimum absolute atomic E-state index is 0.0883. The van der Waals surface area contributed by atoms with Crippen molar-refractivity contribution in [1.82, 2.24) is 42.5 Å². The van der Waals surface area contributed by atoms with Crippen molar-refractivity contribution in [2.24, 2.45) is 35.1 Å². The molecule has 16 N–H and O–H groups in total. The standard InChI is InChI=1S/C42H76N10O14S/c1-10-23(8)33(52-36(59)26(13-14-67-9)46-37(60)27(15-20(2)3)47-34(57)24(43)17-53)41(64)50-30(19-55)39(62)49-29(18-54)38(61)45-25(11-12-31(44)56)35(58)51-32(22(6)7)40(63)48-28(42(65)66)16-21(4)5/h20-30,32-33,53-55H,10-19,43H2,1-9H3,(H2,44,56)(H,45,61)(H,46,60)(H,47,57)(H,48,63)(H,49,62)(H,50,64)(H,51,58)(H,52,59)(H,65,66)/t23-,24-,25-,26-,27-,28-,29-,30-,32-,33-/m0/s1. The number of hydrogen-bond donors (Lipinski definition) is 14. The summed E-state index contributed by atoms with van der Waals surface area (Å²) in [5.41, 5.74) is 10.9. The maximum Gasteiger partial charge on any atom is 0.326 e. The summed E-state index contributed by atoms with van der Waals surface area (Å²) in [6.07, 6.45) is 1.62. The van der Waals surface area contributed by atoms with Crippen molar-refractivity contribution >= 4 is 70.9 Å². The Kier molecular flexibility index (Phi) is 29.4. The number of carbonyl (C=O) groups excluding carboxylic acids is 9. The zero-order valence-corrected chi connectivity index (χ0v) is 40.8. The van der Waals surface area contributed by atoms with Crippen LogP contribution >= 0.6 is 11.8 Å². The van der Waals surface area contributed by atoms with E-state index < -0.39 is 158 Å². The summed E-state index contributed by atoms with van der Waals surface area (Å²) in [4.78, 5) is 131. The average Bonchev–Trinajstić information content (AvgIpc) is 3.25. The molecule has 0 spiro atoms. The third-order valence-corrected chi connectivity index (χ3v) is 11.1. The lowest BCUT2D eigenvalue weighted by Gasteiger charge is -2.29. The van der Waals surface area contributed by atoms with E-state index in [4.69, 9.17) is 11.5 Å². The van der Waals surface area contributed by atoms with E-state index in [0.717, 1.165) is 0 Å². The Labute approximate surface area is 396 Å². The van der Waals surface area contributed by atoms with Crippen LogP contribution in [0, 0.1) is 23.7 Å². The Morgan fingerprint density at radius 3 is 1.31 bits per heavy atom. The topological polar surface area (TPSA) is 400 Å². The Morgan fingerprint density at radius 2 is 0.896 bits per heavy atom. The third-order valence-electron chi connectivity index (χ3n) is 10.4. The number of carbonyl (C=O) groups is 10. The highest BCUT2D eigenvalue weighted by atomic mass is 32.2. The first-order valence-corrected chi connectivity index (χ1v) is 23.7. The van der Waals surface area contributed by atoms with Gasteiger partial charge in [0, 0.05) is 6.42 Å². The van der Waals surface area contributed by atoms with Crippen LogP contribution in [-0.2, 0) is 47.9 Å². The monoisotopic (exact) mass is 977 g/mol. The van der Waals surface area contributed by atoms with Gasteiger partial charge in [-0.05, 0) is 61.4 Å². The molecular weight excluding hydrogens is 901 g/mol. The number of aliphatic hydroxyl groups excluding tert-OH is 3. The van der Waals surface area contributed by atoms with Gasteiger partial charge in [-0.1, -0.05) is 61.8 Å². The number of thioether (sulfide) groups is 1. The first-order chi connectivity index (χ1) is 31.3. The molecule has 0 fully saturated rings. The van der Waals surface area contributed by atoms with E-state index in [9.17, 15) is 68.4 Å². The van der Waals surface area contributed by atoms with E-state index in [1.807, 2.05) is 0 Å². The van der Waals surface area contributed by atoms with Crippen LogP contribution in [0.25, 0.3) is 0 Å². The van der Waals surface area contributed by atoms with Crippen molar-refractivity contribution < 1.29 is 68.4 Å². The summed E-state index contributed by atoms with van der Waals surface area (Å²) >= 11 is 1.37. The van der Waals surface area contributed by atoms with Crippen molar-refractivity contribution in [3.05, 3.63) is 0 Å². The molecule has 0 unspecified atom stereocenters. The van der Waals surface area contributed by atoms with Gasteiger partial charge in [0.1, 0.15) is 54.4 Å². The Morgan fingerprint density at radius 1 is 0.507 bits per heavy atom. The van der Waals surface area contributed by atoms with Gasteiger partial charge in [-0.3, -0.25) is 43.2 Å². The highest BCUT2D eigenvalue weighted by Crippen LogP contribution is 2.13. The minimum atomic E-state index is -1.81. The van der Waals surface area contributed by atoms with Crippen LogP contribution < -0.4 is 54.0 Å². The Balaban J connectivity index is 6.28. The predicted octanol–water partition coefficient (Wildman–Crippen LogP) is -3.93. The second-order valence-corrected chi connectivity index (χ2v) is 18.5. The lowest BCUT2D eigenvalue weighted by molar-refractivity contribution is -0.143. The molecule has 0 aliphatic carbocycles. The van der Waals surface area contributed by atoms with Crippen molar-refractivity contribution in [3.63, 3.8) is 0 Å². The Bertz CT molecular complexity index is 1670. The Hall–Kier alpha value is -5.11. The zero-order valence-electron chi connectivity index (χ0n) is 40.0. The summed E-state index contributed by atoms with van der Waals surface area (Å²) in [5, 5.41) is 58.7. The van der Waals surface area contributed by atoms with Gasteiger partial charge < -0.3 is 74.4 Å². The van der Waals surface area contributed by atoms with Gasteiger partial charge in [0.05, 0.1) is 19.8 Å². The molecule has 0 aliphatic rings. The highest BCUT2D eigenvalue weighted by Gasteiger charge is 2.36. The molecule has 25 heteroatoms. The van der Waals surface area contributed by atoms with Crippen LogP contribution in [0.4, 0.5) is 0 Å². The van der Waals surface area contributed by atoms with Crippen LogP contribution in [0.3, 0.4) is 0 Å². The molecule has 0 aromatic carbocycles. The summed E-state index contributed by atoms with van der Waals surface area (Å²) < 4.78 is 0. The van der Waals surface area contributed by atoms with E-state index >= 15 is 0 Å². The third kappa shape index (κ3) is 23.0. The molecule has 0 aromatic rings. The van der Waals surface area contributed by atoms with Crippen LogP contribution in [-0.4, -0.2) is 166 Å². The fourth-order valence-corrected chi connectivity index (χ4v) is 6.76. The summed E-state index contributed by atoms with van der Waals surface area (Å²) in [6.45, 7) is 10.9. The summed E-state index contributed by atoms with van der Waals surface area (Å²) in [6, 6.07) is -12.7. The molecule has 0 heterocycles. The maximum absolute atomic E-state index is 13.8. The van der Waals surface area contributed by atoms with E-state index in [1.54, 1.807) is 61.6 Å². The van der Waals surface area contributed by atoms with Gasteiger partial charge >= 0.3 is 5.97 Å². The zero-order chi connectivity index (χ0) is 51.7. The van der Waals surface area contributed by atoms with Gasteiger partial charge in [-0.25, -0.2) is 4.79 Å². The summed E-state index contributed by atoms with van der Waals surface area (Å²) in [7, 11) is 0. The molecule has 0 bridgehead atoms. The molecule has 0 saturated heterocycles. The molecule has 10 atom stereocenters. The molecule has 0 rings (SSSR count). The number of aliphatic carboxylic acids is 1. The van der Waals surface area contributed by atoms with E-state index in [0.29, 0.717) is 12.2 Å². The predicted molar refractivity (Wildman–Crippen MR) is 247 cm³/mol. The largest absolute Gasteiger partial charge is 0.480 e. The first-order valence-electron chi connectivity index (χ1n) is 22.3. The maximum atomic E-state index is 13.8.